The smallest absolute Gasteiger partial charge is 0.416 e. The molecule has 0 radical (unpaired) electrons. The largest absolute Gasteiger partial charge is 0.497 e. The van der Waals surface area contributed by atoms with Crippen molar-refractivity contribution in [3.05, 3.63) is 52.9 Å². The van der Waals surface area contributed by atoms with Gasteiger partial charge >= 0.3 is 6.18 Å². The van der Waals surface area contributed by atoms with Gasteiger partial charge in [-0.2, -0.15) is 13.2 Å². The first-order chi connectivity index (χ1) is 11.8. The Morgan fingerprint density at radius 1 is 1.20 bits per heavy atom. The van der Waals surface area contributed by atoms with Crippen molar-refractivity contribution in [2.24, 2.45) is 0 Å². The third-order valence-corrected chi connectivity index (χ3v) is 3.68. The molecule has 0 saturated heterocycles. The summed E-state index contributed by atoms with van der Waals surface area (Å²) >= 11 is 0. The minimum atomic E-state index is -4.44. The van der Waals surface area contributed by atoms with Crippen LogP contribution in [0.15, 0.2) is 30.3 Å². The molecule has 25 heavy (non-hydrogen) atoms. The van der Waals surface area contributed by atoms with Gasteiger partial charge < -0.3 is 10.1 Å². The maximum Gasteiger partial charge on any atom is 0.416 e. The zero-order valence-corrected chi connectivity index (χ0v) is 14.7. The molecule has 0 unspecified atom stereocenters. The number of aryl methyl sites for hydroxylation is 2. The fraction of sp³-hybridized carbons (Fsp3) is 0.316. The second-order valence-electron chi connectivity index (χ2n) is 5.60. The lowest BCUT2D eigenvalue weighted by Gasteiger charge is -2.16. The summed E-state index contributed by atoms with van der Waals surface area (Å²) in [6.07, 6.45) is 0.0592. The van der Waals surface area contributed by atoms with Gasteiger partial charge in [0, 0.05) is 34.4 Å². The molecule has 0 aliphatic heterocycles. The third kappa shape index (κ3) is 4.53. The lowest BCUT2D eigenvalue weighted by molar-refractivity contribution is -0.137. The zero-order chi connectivity index (χ0) is 18.6. The van der Waals surface area contributed by atoms with Crippen LogP contribution in [0, 0.1) is 6.92 Å². The first-order valence-corrected chi connectivity index (χ1v) is 7.95. The quantitative estimate of drug-likeness (QED) is 0.745. The second kappa shape index (κ2) is 7.59. The molecule has 0 amide bonds. The van der Waals surface area contributed by atoms with Crippen LogP contribution in [0.5, 0.6) is 5.75 Å². The minimum absolute atomic E-state index is 0.145. The number of nitrogens with one attached hydrogen (secondary N) is 1. The van der Waals surface area contributed by atoms with Gasteiger partial charge in [0.2, 0.25) is 0 Å². The molecule has 0 aliphatic carbocycles. The van der Waals surface area contributed by atoms with Crippen LogP contribution in [-0.2, 0) is 12.6 Å². The lowest BCUT2D eigenvalue weighted by Crippen LogP contribution is -2.07. The highest BCUT2D eigenvalue weighted by Crippen LogP contribution is 2.35. The Bertz CT molecular complexity index is 783. The predicted molar refractivity (Wildman–Crippen MR) is 94.3 cm³/mol. The van der Waals surface area contributed by atoms with Gasteiger partial charge in [0.15, 0.2) is 0 Å². The maximum absolute atomic E-state index is 13.1. The van der Waals surface area contributed by atoms with E-state index in [-0.39, 0.29) is 5.75 Å². The number of allylic oxidation sites excluding steroid dienone is 1. The standard InChI is InChI=1S/C19H21F3N2O/c1-5-7-16-17(6-2)23-12(3)8-18(16)24-14-9-13(19(20,21)22)10-15(11-14)25-4/h5,7-11H,6H2,1-4H3,(H,23,24)/b7-5-. The van der Waals surface area contributed by atoms with Crippen molar-refractivity contribution in [3.63, 3.8) is 0 Å². The molecule has 2 rings (SSSR count). The molecule has 1 N–H and O–H groups in total. The molecular weight excluding hydrogens is 329 g/mol. The zero-order valence-electron chi connectivity index (χ0n) is 14.7. The van der Waals surface area contributed by atoms with E-state index in [1.807, 2.05) is 39.0 Å². The van der Waals surface area contributed by atoms with Crippen LogP contribution in [0.1, 0.15) is 36.4 Å². The van der Waals surface area contributed by atoms with Crippen molar-refractivity contribution >= 4 is 17.5 Å². The molecule has 0 saturated carbocycles. The van der Waals surface area contributed by atoms with Gasteiger partial charge in [-0.15, -0.1) is 0 Å². The van der Waals surface area contributed by atoms with Crippen molar-refractivity contribution < 1.29 is 17.9 Å². The Hall–Kier alpha value is -2.50. The molecular formula is C19H21F3N2O. The normalized spacial score (nSPS) is 11.8. The van der Waals surface area contributed by atoms with Crippen molar-refractivity contribution in [2.75, 3.05) is 12.4 Å². The highest BCUT2D eigenvalue weighted by molar-refractivity contribution is 5.74. The van der Waals surface area contributed by atoms with Crippen LogP contribution in [0.3, 0.4) is 0 Å². The van der Waals surface area contributed by atoms with E-state index in [9.17, 15) is 13.2 Å². The third-order valence-electron chi connectivity index (χ3n) is 3.68. The summed E-state index contributed by atoms with van der Waals surface area (Å²) in [5.74, 6) is 0.145. The van der Waals surface area contributed by atoms with E-state index in [0.29, 0.717) is 11.4 Å². The highest BCUT2D eigenvalue weighted by Gasteiger charge is 2.31. The molecule has 0 aliphatic rings. The molecule has 1 aromatic heterocycles. The van der Waals surface area contributed by atoms with Gasteiger partial charge in [0.25, 0.3) is 0 Å². The fourth-order valence-corrected chi connectivity index (χ4v) is 2.58. The van der Waals surface area contributed by atoms with Crippen LogP contribution in [0.2, 0.25) is 0 Å². The Morgan fingerprint density at radius 3 is 2.48 bits per heavy atom. The van der Waals surface area contributed by atoms with E-state index in [0.717, 1.165) is 35.5 Å². The first-order valence-electron chi connectivity index (χ1n) is 7.95. The number of alkyl halides is 3. The van der Waals surface area contributed by atoms with Crippen molar-refractivity contribution in [1.82, 2.24) is 4.98 Å². The number of nitrogens with zero attached hydrogens (tertiary/aromatic N) is 1. The number of aromatic nitrogens is 1. The average molecular weight is 350 g/mol. The van der Waals surface area contributed by atoms with Crippen molar-refractivity contribution in [2.45, 2.75) is 33.4 Å². The summed E-state index contributed by atoms with van der Waals surface area (Å²) in [5.41, 5.74) is 2.82. The summed E-state index contributed by atoms with van der Waals surface area (Å²) in [7, 11) is 1.34. The topological polar surface area (TPSA) is 34.1 Å². The molecule has 134 valence electrons. The van der Waals surface area contributed by atoms with Gasteiger partial charge in [0.05, 0.1) is 12.7 Å². The summed E-state index contributed by atoms with van der Waals surface area (Å²) < 4.78 is 44.3. The maximum atomic E-state index is 13.1. The van der Waals surface area contributed by atoms with Crippen molar-refractivity contribution in [1.29, 1.82) is 0 Å². The van der Waals surface area contributed by atoms with Crippen molar-refractivity contribution in [3.8, 4) is 5.75 Å². The Labute approximate surface area is 145 Å². The van der Waals surface area contributed by atoms with E-state index in [2.05, 4.69) is 10.3 Å². The number of ether oxygens (including phenoxy) is 1. The Kier molecular flexibility index (Phi) is 5.72. The molecule has 1 aromatic carbocycles. The fourth-order valence-electron chi connectivity index (χ4n) is 2.58. The lowest BCUT2D eigenvalue weighted by atomic mass is 10.1. The number of hydrogen-bond donors (Lipinski definition) is 1. The minimum Gasteiger partial charge on any atom is -0.497 e. The monoisotopic (exact) mass is 350 g/mol. The molecule has 0 fully saturated rings. The average Bonchev–Trinajstić information content (AvgIpc) is 2.55. The summed E-state index contributed by atoms with van der Waals surface area (Å²) in [4.78, 5) is 4.51. The second-order valence-corrected chi connectivity index (χ2v) is 5.60. The van der Waals surface area contributed by atoms with Gasteiger partial charge in [-0.3, -0.25) is 4.98 Å². The number of rotatable bonds is 5. The molecule has 2 aromatic rings. The van der Waals surface area contributed by atoms with Gasteiger partial charge in [-0.1, -0.05) is 19.1 Å². The summed E-state index contributed by atoms with van der Waals surface area (Å²) in [6, 6.07) is 5.41. The molecule has 0 atom stereocenters. The summed E-state index contributed by atoms with van der Waals surface area (Å²) in [6.45, 7) is 5.73. The number of methoxy groups -OCH3 is 1. The van der Waals surface area contributed by atoms with Gasteiger partial charge in [-0.05, 0) is 38.5 Å². The SMILES string of the molecule is C/C=C\c1c(Nc2cc(OC)cc(C(F)(F)F)c2)cc(C)nc1CC. The predicted octanol–water partition coefficient (Wildman–Crippen LogP) is 5.76. The van der Waals surface area contributed by atoms with E-state index in [4.69, 9.17) is 4.74 Å². The van der Waals surface area contributed by atoms with Crippen LogP contribution >= 0.6 is 0 Å². The molecule has 0 bridgehead atoms. The van der Waals surface area contributed by atoms with Gasteiger partial charge in [0.1, 0.15) is 5.75 Å². The molecule has 3 nitrogen and oxygen atoms in total. The molecule has 1 heterocycles. The summed E-state index contributed by atoms with van der Waals surface area (Å²) in [5, 5.41) is 3.09. The first kappa shape index (κ1) is 18.8. The van der Waals surface area contributed by atoms with Crippen LogP contribution in [0.4, 0.5) is 24.5 Å². The molecule has 6 heteroatoms. The van der Waals surface area contributed by atoms with Gasteiger partial charge in [-0.25, -0.2) is 0 Å². The van der Waals surface area contributed by atoms with E-state index in [1.165, 1.54) is 13.2 Å². The highest BCUT2D eigenvalue weighted by atomic mass is 19.4. The number of anilines is 2. The Balaban J connectivity index is 2.54. The van der Waals surface area contributed by atoms with Crippen LogP contribution in [-0.4, -0.2) is 12.1 Å². The number of pyridine rings is 1. The number of halogens is 3. The molecule has 0 spiro atoms. The Morgan fingerprint density at radius 2 is 1.92 bits per heavy atom. The number of benzene rings is 1. The number of hydrogen-bond acceptors (Lipinski definition) is 3. The van der Waals surface area contributed by atoms with Crippen LogP contribution in [0.25, 0.3) is 6.08 Å². The van der Waals surface area contributed by atoms with E-state index in [1.54, 1.807) is 0 Å². The van der Waals surface area contributed by atoms with E-state index >= 15 is 0 Å². The van der Waals surface area contributed by atoms with E-state index < -0.39 is 11.7 Å². The van der Waals surface area contributed by atoms with Crippen LogP contribution < -0.4 is 10.1 Å².